The lowest BCUT2D eigenvalue weighted by atomic mass is 9.99. The van der Waals surface area contributed by atoms with Crippen molar-refractivity contribution in [2.75, 3.05) is 12.8 Å². The first-order chi connectivity index (χ1) is 13.6. The van der Waals surface area contributed by atoms with Gasteiger partial charge in [0.25, 0.3) is 5.91 Å². The van der Waals surface area contributed by atoms with Gasteiger partial charge in [0.2, 0.25) is 0 Å². The van der Waals surface area contributed by atoms with Crippen LogP contribution in [-0.4, -0.2) is 38.7 Å². The van der Waals surface area contributed by atoms with Gasteiger partial charge in [-0.1, -0.05) is 35.5 Å². The van der Waals surface area contributed by atoms with E-state index in [1.54, 1.807) is 36.3 Å². The molecule has 3 heterocycles. The van der Waals surface area contributed by atoms with Crippen LogP contribution in [0.3, 0.4) is 0 Å². The maximum Gasteiger partial charge on any atom is 0.265 e. The molecular weight excluding hydrogens is 370 g/mol. The summed E-state index contributed by atoms with van der Waals surface area (Å²) in [4.78, 5) is 26.0. The van der Waals surface area contributed by atoms with Crippen LogP contribution in [0.2, 0.25) is 0 Å². The molecule has 0 atom stereocenters. The highest BCUT2D eigenvalue weighted by Gasteiger charge is 2.24. The number of aromatic nitrogens is 3. The molecule has 0 spiro atoms. The second-order valence-corrected chi connectivity index (χ2v) is 7.48. The van der Waals surface area contributed by atoms with E-state index in [1.807, 2.05) is 17.3 Å². The van der Waals surface area contributed by atoms with Gasteiger partial charge in [-0.2, -0.15) is 0 Å². The van der Waals surface area contributed by atoms with Crippen molar-refractivity contribution in [1.29, 1.82) is 0 Å². The highest BCUT2D eigenvalue weighted by molar-refractivity contribution is 7.98. The third kappa shape index (κ3) is 3.90. The minimum atomic E-state index is -0.135. The zero-order valence-corrected chi connectivity index (χ0v) is 16.7. The van der Waals surface area contributed by atoms with Gasteiger partial charge in [0, 0.05) is 48.6 Å². The van der Waals surface area contributed by atoms with E-state index in [-0.39, 0.29) is 5.91 Å². The van der Waals surface area contributed by atoms with Crippen molar-refractivity contribution < 1.29 is 4.79 Å². The fourth-order valence-electron chi connectivity index (χ4n) is 3.32. The lowest BCUT2D eigenvalue weighted by Crippen LogP contribution is -2.45. The van der Waals surface area contributed by atoms with Gasteiger partial charge in [-0.3, -0.25) is 15.2 Å². The predicted molar refractivity (Wildman–Crippen MR) is 110 cm³/mol. The zero-order chi connectivity index (χ0) is 19.5. The molecule has 1 aliphatic heterocycles. The van der Waals surface area contributed by atoms with Crippen molar-refractivity contribution in [3.05, 3.63) is 71.2 Å². The lowest BCUT2D eigenvalue weighted by Gasteiger charge is -2.29. The van der Waals surface area contributed by atoms with E-state index in [9.17, 15) is 4.79 Å². The summed E-state index contributed by atoms with van der Waals surface area (Å²) in [5, 5.41) is 2.72. The number of carbonyl (C=O) groups is 1. The monoisotopic (exact) mass is 391 g/mol. The zero-order valence-electron chi connectivity index (χ0n) is 15.8. The Morgan fingerprint density at radius 3 is 2.75 bits per heavy atom. The van der Waals surface area contributed by atoms with Crippen LogP contribution in [0, 0.1) is 6.92 Å². The predicted octanol–water partition coefficient (Wildman–Crippen LogP) is 3.27. The van der Waals surface area contributed by atoms with Gasteiger partial charge in [-0.25, -0.2) is 15.0 Å². The quantitative estimate of drug-likeness (QED) is 0.544. The minimum absolute atomic E-state index is 0.135. The molecule has 142 valence electrons. The molecule has 0 aliphatic carbocycles. The number of hydrogen-bond acceptors (Lipinski definition) is 6. The first-order valence-corrected chi connectivity index (χ1v) is 10.3. The molecule has 7 heteroatoms. The maximum atomic E-state index is 12.5. The normalized spacial score (nSPS) is 13.8. The number of fused-ring (bicyclic) bond motifs is 1. The Bertz CT molecular complexity index is 1010. The Hall–Kier alpha value is -2.77. The van der Waals surface area contributed by atoms with Crippen molar-refractivity contribution in [2.24, 2.45) is 0 Å². The molecule has 0 fully saturated rings. The first-order valence-electron chi connectivity index (χ1n) is 9.11. The minimum Gasteiger partial charge on any atom is -0.284 e. The number of hydrogen-bond donors (Lipinski definition) is 1. The number of benzene rings is 1. The van der Waals surface area contributed by atoms with E-state index >= 15 is 0 Å². The number of thioether (sulfide) groups is 1. The topological polar surface area (TPSA) is 71.0 Å². The van der Waals surface area contributed by atoms with Crippen LogP contribution in [-0.2, 0) is 13.0 Å². The van der Waals surface area contributed by atoms with Gasteiger partial charge >= 0.3 is 0 Å². The average Bonchev–Trinajstić information content (AvgIpc) is 2.73. The third-order valence-electron chi connectivity index (χ3n) is 4.72. The number of nitrogens with one attached hydrogen (secondary N) is 1. The van der Waals surface area contributed by atoms with Crippen molar-refractivity contribution in [1.82, 2.24) is 25.4 Å². The second kappa shape index (κ2) is 8.08. The number of carbonyl (C=O) groups excluding carboxylic acids is 1. The van der Waals surface area contributed by atoms with Gasteiger partial charge in [0.05, 0.1) is 11.4 Å². The molecule has 0 unspecified atom stereocenters. The van der Waals surface area contributed by atoms with E-state index in [0.717, 1.165) is 34.1 Å². The van der Waals surface area contributed by atoms with Gasteiger partial charge in [-0.05, 0) is 31.4 Å². The van der Waals surface area contributed by atoms with Crippen molar-refractivity contribution >= 4 is 17.7 Å². The molecule has 0 saturated heterocycles. The smallest absolute Gasteiger partial charge is 0.265 e. The summed E-state index contributed by atoms with van der Waals surface area (Å²) in [7, 11) is 0. The van der Waals surface area contributed by atoms with Gasteiger partial charge in [0.1, 0.15) is 0 Å². The van der Waals surface area contributed by atoms with Crippen molar-refractivity contribution in [2.45, 2.75) is 25.0 Å². The van der Waals surface area contributed by atoms with Gasteiger partial charge in [0.15, 0.2) is 5.16 Å². The number of amides is 1. The molecule has 1 amide bonds. The third-order valence-corrected chi connectivity index (χ3v) is 5.26. The molecule has 1 N–H and O–H groups in total. The summed E-state index contributed by atoms with van der Waals surface area (Å²) in [6, 6.07) is 11.8. The largest absolute Gasteiger partial charge is 0.284 e. The molecule has 6 nitrogen and oxygen atoms in total. The Kier molecular flexibility index (Phi) is 5.36. The van der Waals surface area contributed by atoms with E-state index in [4.69, 9.17) is 9.97 Å². The van der Waals surface area contributed by atoms with E-state index < -0.39 is 0 Å². The fourth-order valence-corrected chi connectivity index (χ4v) is 3.70. The van der Waals surface area contributed by atoms with Crippen LogP contribution in [0.4, 0.5) is 0 Å². The van der Waals surface area contributed by atoms with Crippen LogP contribution < -0.4 is 5.43 Å². The summed E-state index contributed by atoms with van der Waals surface area (Å²) in [6.07, 6.45) is 5.99. The Morgan fingerprint density at radius 2 is 2.00 bits per heavy atom. The molecular formula is C21H21N5OS. The van der Waals surface area contributed by atoms with Gasteiger partial charge < -0.3 is 0 Å². The Labute approximate surface area is 168 Å². The Morgan fingerprint density at radius 1 is 1.18 bits per heavy atom. The standard InChI is InChI=1S/C21H21N5OS/c1-14-4-3-5-16(12-14)19-17-13-26(11-8-18(17)23-21(24-19)28-2)25-20(27)15-6-9-22-10-7-15/h3-7,9-10,12H,8,11,13H2,1-2H3,(H,25,27). The lowest BCUT2D eigenvalue weighted by molar-refractivity contribution is 0.0761. The van der Waals surface area contributed by atoms with Crippen LogP contribution in [0.25, 0.3) is 11.3 Å². The molecule has 1 aliphatic rings. The number of rotatable bonds is 4. The van der Waals surface area contributed by atoms with E-state index in [0.29, 0.717) is 18.7 Å². The molecule has 0 bridgehead atoms. The molecule has 2 aromatic heterocycles. The molecule has 0 saturated carbocycles. The van der Waals surface area contributed by atoms with Crippen LogP contribution in [0.15, 0.2) is 53.9 Å². The van der Waals surface area contributed by atoms with Gasteiger partial charge in [-0.15, -0.1) is 0 Å². The van der Waals surface area contributed by atoms with E-state index in [2.05, 4.69) is 35.5 Å². The summed E-state index contributed by atoms with van der Waals surface area (Å²) < 4.78 is 0. The summed E-state index contributed by atoms with van der Waals surface area (Å²) in [6.45, 7) is 3.36. The summed E-state index contributed by atoms with van der Waals surface area (Å²) in [5.41, 5.74) is 8.94. The fraction of sp³-hybridized carbons (Fsp3) is 0.238. The number of pyridine rings is 1. The van der Waals surface area contributed by atoms with Crippen LogP contribution >= 0.6 is 11.8 Å². The van der Waals surface area contributed by atoms with Crippen molar-refractivity contribution in [3.8, 4) is 11.3 Å². The molecule has 1 aromatic carbocycles. The maximum absolute atomic E-state index is 12.5. The van der Waals surface area contributed by atoms with Crippen molar-refractivity contribution in [3.63, 3.8) is 0 Å². The highest BCUT2D eigenvalue weighted by Crippen LogP contribution is 2.30. The summed E-state index contributed by atoms with van der Waals surface area (Å²) in [5.74, 6) is -0.135. The average molecular weight is 392 g/mol. The number of nitrogens with zero attached hydrogens (tertiary/aromatic N) is 4. The second-order valence-electron chi connectivity index (χ2n) is 6.70. The first kappa shape index (κ1) is 18.6. The van der Waals surface area contributed by atoms with Crippen LogP contribution in [0.1, 0.15) is 27.2 Å². The molecule has 28 heavy (non-hydrogen) atoms. The number of aryl methyl sites for hydroxylation is 1. The SMILES string of the molecule is CSc1nc2c(c(-c3cccc(C)c3)n1)CN(NC(=O)c1ccncc1)CC2. The molecule has 4 rings (SSSR count). The molecule has 0 radical (unpaired) electrons. The number of hydrazine groups is 1. The highest BCUT2D eigenvalue weighted by atomic mass is 32.2. The van der Waals surface area contributed by atoms with Crippen LogP contribution in [0.5, 0.6) is 0 Å². The molecule has 3 aromatic rings. The van der Waals surface area contributed by atoms with E-state index in [1.165, 1.54) is 5.56 Å². The Balaban J connectivity index is 1.64. The summed E-state index contributed by atoms with van der Waals surface area (Å²) >= 11 is 1.55.